The Morgan fingerprint density at radius 1 is 0.909 bits per heavy atom. The molecule has 106 valence electrons. The molecule has 2 N–H and O–H groups in total. The third-order valence-corrected chi connectivity index (χ3v) is 3.55. The molecular weight excluding hydrogens is 278 g/mol. The Hall–Kier alpha value is -3.21. The molecule has 2 heterocycles. The predicted octanol–water partition coefficient (Wildman–Crippen LogP) is 2.84. The van der Waals surface area contributed by atoms with Gasteiger partial charge in [-0.2, -0.15) is 0 Å². The molecule has 0 fully saturated rings. The van der Waals surface area contributed by atoms with E-state index in [1.807, 2.05) is 18.2 Å². The largest absolute Gasteiger partial charge is 0.506 e. The summed E-state index contributed by atoms with van der Waals surface area (Å²) in [5.41, 5.74) is 1.40. The number of aromatic hydroxyl groups is 1. The van der Waals surface area contributed by atoms with Crippen LogP contribution in [-0.2, 0) is 0 Å². The molecule has 4 rings (SSSR count). The number of para-hydroxylation sites is 2. The molecule has 0 aliphatic carbocycles. The van der Waals surface area contributed by atoms with Gasteiger partial charge in [-0.05, 0) is 24.3 Å². The van der Waals surface area contributed by atoms with Gasteiger partial charge in [-0.3, -0.25) is 4.79 Å². The van der Waals surface area contributed by atoms with Crippen molar-refractivity contribution in [3.05, 3.63) is 65.0 Å². The van der Waals surface area contributed by atoms with Crippen LogP contribution in [0.3, 0.4) is 0 Å². The van der Waals surface area contributed by atoms with Crippen molar-refractivity contribution < 1.29 is 5.11 Å². The van der Waals surface area contributed by atoms with Crippen molar-refractivity contribution >= 4 is 21.8 Å². The minimum absolute atomic E-state index is 0.0995. The summed E-state index contributed by atoms with van der Waals surface area (Å²) >= 11 is 0. The van der Waals surface area contributed by atoms with Crippen LogP contribution in [0.4, 0.5) is 0 Å². The Morgan fingerprint density at radius 3 is 2.68 bits per heavy atom. The SMILES string of the molecule is O=c1[nH]c(-c2ccc3cccc(O)c3n2)nc2ccccc12. The Balaban J connectivity index is 1.99. The molecule has 5 nitrogen and oxygen atoms in total. The normalized spacial score (nSPS) is 11.1. The van der Waals surface area contributed by atoms with Crippen molar-refractivity contribution in [1.82, 2.24) is 15.0 Å². The quantitative estimate of drug-likeness (QED) is 0.564. The molecule has 2 aromatic carbocycles. The topological polar surface area (TPSA) is 78.9 Å². The van der Waals surface area contributed by atoms with Crippen LogP contribution in [0.2, 0.25) is 0 Å². The van der Waals surface area contributed by atoms with Crippen molar-refractivity contribution in [2.45, 2.75) is 0 Å². The van der Waals surface area contributed by atoms with Gasteiger partial charge in [0.2, 0.25) is 0 Å². The van der Waals surface area contributed by atoms with E-state index < -0.39 is 0 Å². The summed E-state index contributed by atoms with van der Waals surface area (Å²) in [5, 5.41) is 11.3. The van der Waals surface area contributed by atoms with E-state index in [4.69, 9.17) is 0 Å². The average molecular weight is 289 g/mol. The highest BCUT2D eigenvalue weighted by atomic mass is 16.3. The zero-order valence-electron chi connectivity index (χ0n) is 11.4. The van der Waals surface area contributed by atoms with Gasteiger partial charge in [0.05, 0.1) is 10.9 Å². The number of nitrogens with one attached hydrogen (secondary N) is 1. The number of benzene rings is 2. The van der Waals surface area contributed by atoms with Gasteiger partial charge in [0, 0.05) is 5.39 Å². The van der Waals surface area contributed by atoms with E-state index in [-0.39, 0.29) is 11.3 Å². The highest BCUT2D eigenvalue weighted by Gasteiger charge is 2.09. The van der Waals surface area contributed by atoms with Gasteiger partial charge in [-0.1, -0.05) is 30.3 Å². The Morgan fingerprint density at radius 2 is 1.77 bits per heavy atom. The number of pyridine rings is 1. The molecule has 5 heteroatoms. The van der Waals surface area contributed by atoms with E-state index in [9.17, 15) is 9.90 Å². The molecule has 0 bridgehead atoms. The number of aromatic amines is 1. The van der Waals surface area contributed by atoms with E-state index in [1.165, 1.54) is 0 Å². The lowest BCUT2D eigenvalue weighted by Gasteiger charge is -2.05. The van der Waals surface area contributed by atoms with Gasteiger partial charge in [0.25, 0.3) is 5.56 Å². The molecule has 0 aliphatic rings. The number of nitrogens with zero attached hydrogens (tertiary/aromatic N) is 2. The number of fused-ring (bicyclic) bond motifs is 2. The standard InChI is InChI=1S/C17H11N3O2/c21-14-7-3-4-10-8-9-13(18-15(10)14)16-19-12-6-2-1-5-11(12)17(22)20-16/h1-9,21H,(H,19,20,22). The van der Waals surface area contributed by atoms with Crippen molar-refractivity contribution in [3.63, 3.8) is 0 Å². The summed E-state index contributed by atoms with van der Waals surface area (Å²) in [6, 6.07) is 16.0. The van der Waals surface area contributed by atoms with Crippen LogP contribution in [0, 0.1) is 0 Å². The van der Waals surface area contributed by atoms with Crippen molar-refractivity contribution in [2.24, 2.45) is 0 Å². The molecule has 0 saturated carbocycles. The molecule has 22 heavy (non-hydrogen) atoms. The molecule has 0 saturated heterocycles. The number of aromatic nitrogens is 3. The number of hydrogen-bond donors (Lipinski definition) is 2. The summed E-state index contributed by atoms with van der Waals surface area (Å²) in [6.45, 7) is 0. The zero-order valence-corrected chi connectivity index (χ0v) is 11.4. The van der Waals surface area contributed by atoms with Crippen LogP contribution in [0.5, 0.6) is 5.75 Å². The van der Waals surface area contributed by atoms with Crippen LogP contribution in [-0.4, -0.2) is 20.1 Å². The maximum absolute atomic E-state index is 12.1. The lowest BCUT2D eigenvalue weighted by Crippen LogP contribution is -2.09. The van der Waals surface area contributed by atoms with Gasteiger partial charge in [-0.25, -0.2) is 9.97 Å². The summed E-state index contributed by atoms with van der Waals surface area (Å²) in [7, 11) is 0. The molecular formula is C17H11N3O2. The van der Waals surface area contributed by atoms with Gasteiger partial charge in [-0.15, -0.1) is 0 Å². The predicted molar refractivity (Wildman–Crippen MR) is 84.8 cm³/mol. The lowest BCUT2D eigenvalue weighted by molar-refractivity contribution is 0.480. The number of H-pyrrole nitrogens is 1. The Bertz CT molecular complexity index is 1070. The fourth-order valence-corrected chi connectivity index (χ4v) is 2.47. The molecule has 4 aromatic rings. The second-order valence-corrected chi connectivity index (χ2v) is 4.98. The molecule has 2 aromatic heterocycles. The van der Waals surface area contributed by atoms with Crippen LogP contribution in [0.15, 0.2) is 59.4 Å². The van der Waals surface area contributed by atoms with Crippen LogP contribution in [0.25, 0.3) is 33.3 Å². The maximum Gasteiger partial charge on any atom is 0.259 e. The highest BCUT2D eigenvalue weighted by Crippen LogP contribution is 2.25. The van der Waals surface area contributed by atoms with Gasteiger partial charge < -0.3 is 10.1 Å². The van der Waals surface area contributed by atoms with Gasteiger partial charge in [0.15, 0.2) is 5.82 Å². The summed E-state index contributed by atoms with van der Waals surface area (Å²) in [5.74, 6) is 0.483. The second kappa shape index (κ2) is 4.66. The molecule has 0 radical (unpaired) electrons. The molecule has 0 amide bonds. The average Bonchev–Trinajstić information content (AvgIpc) is 2.55. The third kappa shape index (κ3) is 1.91. The minimum atomic E-state index is -0.209. The monoisotopic (exact) mass is 289 g/mol. The second-order valence-electron chi connectivity index (χ2n) is 4.98. The summed E-state index contributed by atoms with van der Waals surface area (Å²) in [6.07, 6.45) is 0. The smallest absolute Gasteiger partial charge is 0.259 e. The lowest BCUT2D eigenvalue weighted by atomic mass is 10.2. The van der Waals surface area contributed by atoms with Crippen LogP contribution in [0.1, 0.15) is 0 Å². The first-order valence-corrected chi connectivity index (χ1v) is 6.80. The van der Waals surface area contributed by atoms with E-state index in [2.05, 4.69) is 15.0 Å². The minimum Gasteiger partial charge on any atom is -0.506 e. The van der Waals surface area contributed by atoms with Crippen LogP contribution < -0.4 is 5.56 Å². The van der Waals surface area contributed by atoms with Crippen LogP contribution >= 0.6 is 0 Å². The van der Waals surface area contributed by atoms with E-state index >= 15 is 0 Å². The van der Waals surface area contributed by atoms with Gasteiger partial charge >= 0.3 is 0 Å². The third-order valence-electron chi connectivity index (χ3n) is 3.55. The fourth-order valence-electron chi connectivity index (χ4n) is 2.47. The molecule has 0 unspecified atom stereocenters. The first-order valence-electron chi connectivity index (χ1n) is 6.80. The Kier molecular flexibility index (Phi) is 2.66. The maximum atomic E-state index is 12.1. The number of hydrogen-bond acceptors (Lipinski definition) is 4. The van der Waals surface area contributed by atoms with E-state index in [0.717, 1.165) is 5.39 Å². The first-order chi connectivity index (χ1) is 10.7. The summed E-state index contributed by atoms with van der Waals surface area (Å²) in [4.78, 5) is 23.7. The van der Waals surface area contributed by atoms with Gasteiger partial charge in [0.1, 0.15) is 17.0 Å². The molecule has 0 atom stereocenters. The Labute approximate surface area is 124 Å². The number of rotatable bonds is 1. The van der Waals surface area contributed by atoms with Crippen molar-refractivity contribution in [2.75, 3.05) is 0 Å². The zero-order chi connectivity index (χ0) is 15.1. The summed E-state index contributed by atoms with van der Waals surface area (Å²) < 4.78 is 0. The van der Waals surface area contributed by atoms with Crippen molar-refractivity contribution in [3.8, 4) is 17.3 Å². The number of phenols is 1. The van der Waals surface area contributed by atoms with E-state index in [0.29, 0.717) is 27.9 Å². The van der Waals surface area contributed by atoms with Crippen molar-refractivity contribution in [1.29, 1.82) is 0 Å². The first kappa shape index (κ1) is 12.5. The highest BCUT2D eigenvalue weighted by molar-refractivity contribution is 5.86. The number of phenolic OH excluding ortho intramolecular Hbond substituents is 1. The molecule has 0 spiro atoms. The van der Waals surface area contributed by atoms with E-state index in [1.54, 1.807) is 36.4 Å². The fraction of sp³-hybridized carbons (Fsp3) is 0. The molecule has 0 aliphatic heterocycles.